The lowest BCUT2D eigenvalue weighted by Gasteiger charge is -2.12. The number of hydrogen-bond acceptors (Lipinski definition) is 4. The molecule has 1 amide bonds. The van der Waals surface area contributed by atoms with Gasteiger partial charge in [0.2, 0.25) is 0 Å². The molecule has 0 aliphatic carbocycles. The van der Waals surface area contributed by atoms with Gasteiger partial charge in [0.15, 0.2) is 5.78 Å². The standard InChI is InChI=1S/C14H13ClN2O2S/c1-9(7-12(18)13-3-2-6-20-13)17-14(19)11-5-4-10(15)8-16-11/h2-6,8-9H,7H2,1H3,(H,17,19)/t9-/m0/s1. The molecule has 0 aliphatic heterocycles. The highest BCUT2D eigenvalue weighted by Gasteiger charge is 2.15. The van der Waals surface area contributed by atoms with Gasteiger partial charge in [0.05, 0.1) is 9.90 Å². The Kier molecular flexibility index (Phi) is 4.87. The zero-order valence-corrected chi connectivity index (χ0v) is 12.4. The molecule has 2 aromatic rings. The Labute approximate surface area is 125 Å². The third-order valence-corrected chi connectivity index (χ3v) is 3.76. The molecule has 0 fully saturated rings. The van der Waals surface area contributed by atoms with Gasteiger partial charge >= 0.3 is 0 Å². The van der Waals surface area contributed by atoms with Crippen molar-refractivity contribution in [1.29, 1.82) is 0 Å². The van der Waals surface area contributed by atoms with Gasteiger partial charge in [-0.2, -0.15) is 0 Å². The number of pyridine rings is 1. The van der Waals surface area contributed by atoms with Gasteiger partial charge in [-0.25, -0.2) is 4.98 Å². The van der Waals surface area contributed by atoms with Crippen LogP contribution in [0.15, 0.2) is 35.8 Å². The number of nitrogens with one attached hydrogen (secondary N) is 1. The summed E-state index contributed by atoms with van der Waals surface area (Å²) in [5.41, 5.74) is 0.282. The Bertz CT molecular complexity index is 596. The van der Waals surface area contributed by atoms with Crippen molar-refractivity contribution in [1.82, 2.24) is 10.3 Å². The maximum Gasteiger partial charge on any atom is 0.270 e. The molecule has 1 atom stereocenters. The van der Waals surface area contributed by atoms with Crippen LogP contribution >= 0.6 is 22.9 Å². The van der Waals surface area contributed by atoms with Gasteiger partial charge in [0.1, 0.15) is 5.69 Å². The van der Waals surface area contributed by atoms with Crippen molar-refractivity contribution in [2.75, 3.05) is 0 Å². The highest BCUT2D eigenvalue weighted by atomic mass is 35.5. The fraction of sp³-hybridized carbons (Fsp3) is 0.214. The molecular formula is C14H13ClN2O2S. The molecule has 104 valence electrons. The number of rotatable bonds is 5. The number of amides is 1. The third kappa shape index (κ3) is 3.88. The summed E-state index contributed by atoms with van der Waals surface area (Å²) in [5.74, 6) is -0.287. The smallest absolute Gasteiger partial charge is 0.270 e. The summed E-state index contributed by atoms with van der Waals surface area (Å²) in [6.45, 7) is 1.79. The molecular weight excluding hydrogens is 296 g/mol. The Morgan fingerprint density at radius 1 is 1.40 bits per heavy atom. The first-order chi connectivity index (χ1) is 9.56. The van der Waals surface area contributed by atoms with Crippen molar-refractivity contribution >= 4 is 34.6 Å². The van der Waals surface area contributed by atoms with Crippen molar-refractivity contribution in [2.45, 2.75) is 19.4 Å². The number of aromatic nitrogens is 1. The van der Waals surface area contributed by atoms with Crippen LogP contribution in [0.2, 0.25) is 5.02 Å². The number of Topliss-reactive ketones (excluding diaryl/α,β-unsaturated/α-hetero) is 1. The summed E-state index contributed by atoms with van der Waals surface area (Å²) in [7, 11) is 0. The number of ketones is 1. The SMILES string of the molecule is C[C@@H](CC(=O)c1cccs1)NC(=O)c1ccc(Cl)cn1. The summed E-state index contributed by atoms with van der Waals surface area (Å²) in [6.07, 6.45) is 1.68. The molecule has 0 aliphatic rings. The van der Waals surface area contributed by atoms with Gasteiger partial charge in [-0.3, -0.25) is 9.59 Å². The highest BCUT2D eigenvalue weighted by Crippen LogP contribution is 2.12. The van der Waals surface area contributed by atoms with Gasteiger partial charge in [-0.1, -0.05) is 17.7 Å². The average molecular weight is 309 g/mol. The lowest BCUT2D eigenvalue weighted by Crippen LogP contribution is -2.34. The highest BCUT2D eigenvalue weighted by molar-refractivity contribution is 7.12. The minimum atomic E-state index is -0.312. The number of carbonyl (C=O) groups is 2. The predicted octanol–water partition coefficient (Wildman–Crippen LogP) is 3.19. The summed E-state index contributed by atoms with van der Waals surface area (Å²) in [5, 5.41) is 5.08. The molecule has 6 heteroatoms. The van der Waals surface area contributed by atoms with Crippen LogP contribution in [0.25, 0.3) is 0 Å². The lowest BCUT2D eigenvalue weighted by molar-refractivity contribution is 0.0915. The van der Waals surface area contributed by atoms with Gasteiger partial charge in [-0.15, -0.1) is 11.3 Å². The molecule has 4 nitrogen and oxygen atoms in total. The molecule has 20 heavy (non-hydrogen) atoms. The fourth-order valence-corrected chi connectivity index (χ4v) is 2.46. The quantitative estimate of drug-likeness (QED) is 0.863. The van der Waals surface area contributed by atoms with Crippen LogP contribution in [0.3, 0.4) is 0 Å². The monoisotopic (exact) mass is 308 g/mol. The average Bonchev–Trinajstić information content (AvgIpc) is 2.93. The molecule has 0 radical (unpaired) electrons. The van der Waals surface area contributed by atoms with E-state index in [4.69, 9.17) is 11.6 Å². The molecule has 0 unspecified atom stereocenters. The minimum Gasteiger partial charge on any atom is -0.348 e. The van der Waals surface area contributed by atoms with E-state index in [-0.39, 0.29) is 29.8 Å². The molecule has 0 saturated carbocycles. The minimum absolute atomic E-state index is 0.0249. The first kappa shape index (κ1) is 14.7. The van der Waals surface area contributed by atoms with E-state index < -0.39 is 0 Å². The van der Waals surface area contributed by atoms with E-state index in [9.17, 15) is 9.59 Å². The number of carbonyl (C=O) groups excluding carboxylic acids is 2. The third-order valence-electron chi connectivity index (χ3n) is 2.63. The topological polar surface area (TPSA) is 59.1 Å². The van der Waals surface area contributed by atoms with E-state index in [0.29, 0.717) is 9.90 Å². The molecule has 0 spiro atoms. The number of hydrogen-bond donors (Lipinski definition) is 1. The van der Waals surface area contributed by atoms with Crippen molar-refractivity contribution in [2.24, 2.45) is 0 Å². The van der Waals surface area contributed by atoms with E-state index in [0.717, 1.165) is 0 Å². The van der Waals surface area contributed by atoms with Crippen LogP contribution in [0, 0.1) is 0 Å². The number of thiophene rings is 1. The molecule has 2 rings (SSSR count). The van der Waals surface area contributed by atoms with Crippen molar-refractivity contribution in [3.63, 3.8) is 0 Å². The predicted molar refractivity (Wildman–Crippen MR) is 79.4 cm³/mol. The summed E-state index contributed by atoms with van der Waals surface area (Å²) < 4.78 is 0. The van der Waals surface area contributed by atoms with Crippen molar-refractivity contribution in [3.05, 3.63) is 51.4 Å². The molecule has 2 heterocycles. The summed E-state index contributed by atoms with van der Waals surface area (Å²) in [4.78, 5) is 28.5. The van der Waals surface area contributed by atoms with Gasteiger partial charge in [0.25, 0.3) is 5.91 Å². The van der Waals surface area contributed by atoms with E-state index in [1.807, 2.05) is 11.4 Å². The Hall–Kier alpha value is -1.72. The van der Waals surface area contributed by atoms with Crippen LogP contribution < -0.4 is 5.32 Å². The van der Waals surface area contributed by atoms with Crippen molar-refractivity contribution in [3.8, 4) is 0 Å². The van der Waals surface area contributed by atoms with E-state index >= 15 is 0 Å². The first-order valence-electron chi connectivity index (χ1n) is 6.05. The second kappa shape index (κ2) is 6.63. The van der Waals surface area contributed by atoms with Gasteiger partial charge in [-0.05, 0) is 30.5 Å². The van der Waals surface area contributed by atoms with Gasteiger partial charge in [0, 0.05) is 18.7 Å². The Balaban J connectivity index is 1.91. The van der Waals surface area contributed by atoms with Crippen LogP contribution in [-0.2, 0) is 0 Å². The van der Waals surface area contributed by atoms with Crippen LogP contribution in [-0.4, -0.2) is 22.7 Å². The zero-order valence-electron chi connectivity index (χ0n) is 10.8. The van der Waals surface area contributed by atoms with Crippen molar-refractivity contribution < 1.29 is 9.59 Å². The molecule has 2 aromatic heterocycles. The second-order valence-electron chi connectivity index (χ2n) is 4.34. The lowest BCUT2D eigenvalue weighted by atomic mass is 10.1. The van der Waals surface area contributed by atoms with Crippen LogP contribution in [0.1, 0.15) is 33.5 Å². The molecule has 0 bridgehead atoms. The summed E-state index contributed by atoms with van der Waals surface area (Å²) in [6, 6.07) is 6.51. The maximum atomic E-state index is 11.9. The number of nitrogens with zero attached hydrogens (tertiary/aromatic N) is 1. The zero-order chi connectivity index (χ0) is 14.5. The van der Waals surface area contributed by atoms with Crippen LogP contribution in [0.4, 0.5) is 0 Å². The Morgan fingerprint density at radius 3 is 2.80 bits per heavy atom. The first-order valence-corrected chi connectivity index (χ1v) is 7.31. The molecule has 0 saturated heterocycles. The normalized spacial score (nSPS) is 11.9. The summed E-state index contributed by atoms with van der Waals surface area (Å²) >= 11 is 7.11. The second-order valence-corrected chi connectivity index (χ2v) is 5.72. The maximum absolute atomic E-state index is 11.9. The largest absolute Gasteiger partial charge is 0.348 e. The van der Waals surface area contributed by atoms with E-state index in [2.05, 4.69) is 10.3 Å². The van der Waals surface area contributed by atoms with E-state index in [1.165, 1.54) is 17.5 Å². The van der Waals surface area contributed by atoms with Crippen LogP contribution in [0.5, 0.6) is 0 Å². The molecule has 0 aromatic carbocycles. The van der Waals surface area contributed by atoms with Gasteiger partial charge < -0.3 is 5.32 Å². The number of halogens is 1. The van der Waals surface area contributed by atoms with E-state index in [1.54, 1.807) is 25.1 Å². The Morgan fingerprint density at radius 2 is 2.20 bits per heavy atom. The molecule has 1 N–H and O–H groups in total. The fourth-order valence-electron chi connectivity index (χ4n) is 1.67.